The van der Waals surface area contributed by atoms with Crippen LogP contribution < -0.4 is 4.74 Å². The van der Waals surface area contributed by atoms with Gasteiger partial charge in [-0.2, -0.15) is 0 Å². The summed E-state index contributed by atoms with van der Waals surface area (Å²) in [6.07, 6.45) is 0. The van der Waals surface area contributed by atoms with E-state index < -0.39 is 5.97 Å². The molecule has 0 N–H and O–H groups in total. The topological polar surface area (TPSA) is 39.2 Å². The SMILES string of the molecule is CC#Cc1nc(Cl)ccc1OC(C)=O. The minimum Gasteiger partial charge on any atom is -0.424 e. The summed E-state index contributed by atoms with van der Waals surface area (Å²) >= 11 is 5.67. The fourth-order valence-electron chi connectivity index (χ4n) is 0.868. The molecule has 0 bridgehead atoms. The molecule has 0 fully saturated rings. The van der Waals surface area contributed by atoms with Crippen LogP contribution in [-0.4, -0.2) is 11.0 Å². The average molecular weight is 210 g/mol. The number of carbonyl (C=O) groups excluding carboxylic acids is 1. The van der Waals surface area contributed by atoms with Crippen molar-refractivity contribution < 1.29 is 9.53 Å². The van der Waals surface area contributed by atoms with E-state index in [-0.39, 0.29) is 0 Å². The zero-order valence-corrected chi connectivity index (χ0v) is 8.55. The fraction of sp³-hybridized carbons (Fsp3) is 0.200. The minimum atomic E-state index is -0.409. The second-order valence-electron chi connectivity index (χ2n) is 2.45. The Morgan fingerprint density at radius 1 is 1.57 bits per heavy atom. The van der Waals surface area contributed by atoms with Crippen LogP contribution in [0.15, 0.2) is 12.1 Å². The molecule has 0 aliphatic carbocycles. The normalized spacial score (nSPS) is 8.79. The Kier molecular flexibility index (Phi) is 3.49. The van der Waals surface area contributed by atoms with Gasteiger partial charge in [-0.1, -0.05) is 17.5 Å². The van der Waals surface area contributed by atoms with Gasteiger partial charge < -0.3 is 4.74 Å². The number of carbonyl (C=O) groups is 1. The van der Waals surface area contributed by atoms with Crippen molar-refractivity contribution in [3.8, 4) is 17.6 Å². The molecule has 14 heavy (non-hydrogen) atoms. The summed E-state index contributed by atoms with van der Waals surface area (Å²) in [4.78, 5) is 14.7. The Morgan fingerprint density at radius 2 is 2.29 bits per heavy atom. The first-order chi connectivity index (χ1) is 6.63. The largest absolute Gasteiger partial charge is 0.424 e. The number of esters is 1. The molecule has 0 radical (unpaired) electrons. The van der Waals surface area contributed by atoms with Gasteiger partial charge in [0.25, 0.3) is 0 Å². The van der Waals surface area contributed by atoms with Gasteiger partial charge in [-0.25, -0.2) is 4.98 Å². The first-order valence-corrected chi connectivity index (χ1v) is 4.29. The summed E-state index contributed by atoms with van der Waals surface area (Å²) in [5.41, 5.74) is 0.371. The summed E-state index contributed by atoms with van der Waals surface area (Å²) in [6, 6.07) is 3.11. The lowest BCUT2D eigenvalue weighted by atomic mass is 10.3. The van der Waals surface area contributed by atoms with Crippen LogP contribution in [0.3, 0.4) is 0 Å². The molecule has 0 saturated heterocycles. The number of nitrogens with zero attached hydrogens (tertiary/aromatic N) is 1. The Hall–Kier alpha value is -1.53. The van der Waals surface area contributed by atoms with E-state index in [9.17, 15) is 4.79 Å². The maximum Gasteiger partial charge on any atom is 0.308 e. The molecule has 3 nitrogen and oxygen atoms in total. The predicted molar refractivity (Wildman–Crippen MR) is 53.1 cm³/mol. The van der Waals surface area contributed by atoms with Crippen LogP contribution in [0.25, 0.3) is 0 Å². The van der Waals surface area contributed by atoms with Crippen molar-refractivity contribution >= 4 is 17.6 Å². The van der Waals surface area contributed by atoms with E-state index in [1.807, 2.05) is 0 Å². The third-order valence-corrected chi connectivity index (χ3v) is 1.53. The fourth-order valence-corrected chi connectivity index (χ4v) is 1.02. The molecule has 1 aromatic heterocycles. The van der Waals surface area contributed by atoms with Crippen molar-refractivity contribution in [3.63, 3.8) is 0 Å². The molecule has 0 spiro atoms. The number of aromatic nitrogens is 1. The molecule has 0 atom stereocenters. The summed E-state index contributed by atoms with van der Waals surface area (Å²) in [5.74, 6) is 5.28. The number of pyridine rings is 1. The molecular formula is C10H8ClNO2. The van der Waals surface area contributed by atoms with Crippen LogP contribution in [0.5, 0.6) is 5.75 Å². The zero-order chi connectivity index (χ0) is 10.6. The number of ether oxygens (including phenoxy) is 1. The molecule has 72 valence electrons. The first-order valence-electron chi connectivity index (χ1n) is 3.91. The number of rotatable bonds is 1. The molecular weight excluding hydrogens is 202 g/mol. The van der Waals surface area contributed by atoms with Crippen molar-refractivity contribution in [2.45, 2.75) is 13.8 Å². The molecule has 1 rings (SSSR count). The highest BCUT2D eigenvalue weighted by Crippen LogP contribution is 2.18. The quantitative estimate of drug-likeness (QED) is 0.404. The summed E-state index contributed by atoms with van der Waals surface area (Å²) in [5, 5.41) is 0.318. The van der Waals surface area contributed by atoms with Crippen LogP contribution >= 0.6 is 11.6 Å². The summed E-state index contributed by atoms with van der Waals surface area (Å²) in [6.45, 7) is 2.98. The molecule has 0 amide bonds. The zero-order valence-electron chi connectivity index (χ0n) is 7.80. The maximum atomic E-state index is 10.7. The van der Waals surface area contributed by atoms with Gasteiger partial charge in [0, 0.05) is 6.92 Å². The smallest absolute Gasteiger partial charge is 0.308 e. The molecule has 0 aliphatic heterocycles. The highest BCUT2D eigenvalue weighted by atomic mass is 35.5. The molecule has 1 aromatic rings. The lowest BCUT2D eigenvalue weighted by Gasteiger charge is -2.02. The summed E-state index contributed by atoms with van der Waals surface area (Å²) < 4.78 is 4.89. The molecule has 0 aromatic carbocycles. The van der Waals surface area contributed by atoms with Gasteiger partial charge in [-0.05, 0) is 25.0 Å². The lowest BCUT2D eigenvalue weighted by Crippen LogP contribution is -2.03. The van der Waals surface area contributed by atoms with Gasteiger partial charge >= 0.3 is 5.97 Å². The van der Waals surface area contributed by atoms with Gasteiger partial charge in [0.2, 0.25) is 0 Å². The van der Waals surface area contributed by atoms with Crippen LogP contribution in [0.4, 0.5) is 0 Å². The molecule has 0 unspecified atom stereocenters. The van der Waals surface area contributed by atoms with E-state index in [0.717, 1.165) is 0 Å². The predicted octanol–water partition coefficient (Wildman–Crippen LogP) is 2.03. The van der Waals surface area contributed by atoms with Gasteiger partial charge in [-0.3, -0.25) is 4.79 Å². The molecule has 0 saturated carbocycles. The van der Waals surface area contributed by atoms with E-state index in [1.165, 1.54) is 6.92 Å². The average Bonchev–Trinajstić information content (AvgIpc) is 2.09. The molecule has 1 heterocycles. The van der Waals surface area contributed by atoms with Crippen LogP contribution in [0, 0.1) is 11.8 Å². The van der Waals surface area contributed by atoms with Crippen molar-refractivity contribution in [3.05, 3.63) is 23.0 Å². The van der Waals surface area contributed by atoms with E-state index in [4.69, 9.17) is 16.3 Å². The van der Waals surface area contributed by atoms with E-state index >= 15 is 0 Å². The Balaban J connectivity index is 3.12. The van der Waals surface area contributed by atoms with Gasteiger partial charge in [0.05, 0.1) is 0 Å². The summed E-state index contributed by atoms with van der Waals surface area (Å²) in [7, 11) is 0. The molecule has 0 aliphatic rings. The van der Waals surface area contributed by atoms with Crippen LogP contribution in [0.2, 0.25) is 5.15 Å². The second-order valence-corrected chi connectivity index (χ2v) is 2.84. The second kappa shape index (κ2) is 4.64. The molecule has 4 heteroatoms. The number of halogens is 1. The number of hydrogen-bond donors (Lipinski definition) is 0. The van der Waals surface area contributed by atoms with Crippen LogP contribution in [0.1, 0.15) is 19.5 Å². The van der Waals surface area contributed by atoms with E-state index in [0.29, 0.717) is 16.6 Å². The minimum absolute atomic E-state index is 0.318. The van der Waals surface area contributed by atoms with Crippen molar-refractivity contribution in [2.24, 2.45) is 0 Å². The standard InChI is InChI=1S/C10H8ClNO2/c1-3-4-8-9(14-7(2)13)5-6-10(11)12-8/h5-6H,1-2H3. The van der Waals surface area contributed by atoms with Crippen molar-refractivity contribution in [1.29, 1.82) is 0 Å². The van der Waals surface area contributed by atoms with Crippen LogP contribution in [-0.2, 0) is 4.79 Å². The Morgan fingerprint density at radius 3 is 2.86 bits per heavy atom. The van der Waals surface area contributed by atoms with Gasteiger partial charge in [0.1, 0.15) is 5.15 Å². The highest BCUT2D eigenvalue weighted by molar-refractivity contribution is 6.29. The number of hydrogen-bond acceptors (Lipinski definition) is 3. The maximum absolute atomic E-state index is 10.7. The van der Waals surface area contributed by atoms with Crippen molar-refractivity contribution in [1.82, 2.24) is 4.98 Å². The Labute approximate surface area is 87.1 Å². The van der Waals surface area contributed by atoms with Gasteiger partial charge in [-0.15, -0.1) is 0 Å². The highest BCUT2D eigenvalue weighted by Gasteiger charge is 2.05. The first kappa shape index (κ1) is 10.6. The monoisotopic (exact) mass is 209 g/mol. The third-order valence-electron chi connectivity index (χ3n) is 1.32. The van der Waals surface area contributed by atoms with Crippen molar-refractivity contribution in [2.75, 3.05) is 0 Å². The Bertz CT molecular complexity index is 418. The van der Waals surface area contributed by atoms with Gasteiger partial charge in [0.15, 0.2) is 11.4 Å². The van der Waals surface area contributed by atoms with E-state index in [2.05, 4.69) is 16.8 Å². The third kappa shape index (κ3) is 2.75. The van der Waals surface area contributed by atoms with E-state index in [1.54, 1.807) is 19.1 Å². The lowest BCUT2D eigenvalue weighted by molar-refractivity contribution is -0.131.